The normalized spacial score (nSPS) is 18.9. The van der Waals surface area contributed by atoms with Gasteiger partial charge in [0.1, 0.15) is 11.0 Å². The molecule has 3 rings (SSSR count). The lowest BCUT2D eigenvalue weighted by molar-refractivity contribution is -0.123. The average Bonchev–Trinajstić information content (AvgIpc) is 3.11. The average molecular weight is 370 g/mol. The Bertz CT molecular complexity index is 875. The van der Waals surface area contributed by atoms with Gasteiger partial charge >= 0.3 is 0 Å². The first-order chi connectivity index (χ1) is 12.5. The molecule has 2 N–H and O–H groups in total. The molecule has 26 heavy (non-hydrogen) atoms. The molecule has 2 aromatic rings. The van der Waals surface area contributed by atoms with Crippen LogP contribution >= 0.6 is 11.8 Å². The first-order valence-electron chi connectivity index (χ1n) is 8.00. The van der Waals surface area contributed by atoms with Gasteiger partial charge in [0, 0.05) is 12.1 Å². The number of benzene rings is 1. The number of anilines is 1. The Kier molecular flexibility index (Phi) is 5.52. The number of amidine groups is 1. The van der Waals surface area contributed by atoms with E-state index in [4.69, 9.17) is 4.42 Å². The van der Waals surface area contributed by atoms with Crippen LogP contribution in [0, 0.1) is 13.8 Å². The molecular weight excluding hydrogens is 352 g/mol. The standard InChI is InChI=1S/C18H18N4O3S/c1-11-5-6-13(8-12(11)2)20-17(24)15-9-16(23)21-18(26-15)22-19-10-14-4-3-7-25-14/h3-8,10,15H,9H2,1-2H3,(H,20,24)(H,21,22,23)/b19-10-/t15-/m0/s1. The number of carbonyl (C=O) groups is 2. The van der Waals surface area contributed by atoms with Crippen molar-refractivity contribution in [3.05, 3.63) is 53.5 Å². The number of furan rings is 1. The van der Waals surface area contributed by atoms with Crippen LogP contribution in [0.5, 0.6) is 0 Å². The highest BCUT2D eigenvalue weighted by Crippen LogP contribution is 2.23. The molecule has 0 saturated carbocycles. The first kappa shape index (κ1) is 17.9. The summed E-state index contributed by atoms with van der Waals surface area (Å²) >= 11 is 1.17. The predicted octanol–water partition coefficient (Wildman–Crippen LogP) is 2.85. The number of hydrogen-bond acceptors (Lipinski definition) is 6. The number of thioether (sulfide) groups is 1. The molecule has 1 saturated heterocycles. The van der Waals surface area contributed by atoms with E-state index in [2.05, 4.69) is 20.8 Å². The summed E-state index contributed by atoms with van der Waals surface area (Å²) in [7, 11) is 0. The monoisotopic (exact) mass is 370 g/mol. The number of aryl methyl sites for hydroxylation is 2. The van der Waals surface area contributed by atoms with Gasteiger partial charge in [0.2, 0.25) is 11.8 Å². The van der Waals surface area contributed by atoms with Crippen molar-refractivity contribution >= 4 is 40.6 Å². The topological polar surface area (TPSA) is 96.1 Å². The highest BCUT2D eigenvalue weighted by Gasteiger charge is 2.30. The molecule has 0 spiro atoms. The zero-order valence-electron chi connectivity index (χ0n) is 14.4. The molecule has 1 aliphatic rings. The molecule has 1 aliphatic heterocycles. The molecule has 2 amide bonds. The second kappa shape index (κ2) is 8.01. The Hall–Kier alpha value is -2.87. The van der Waals surface area contributed by atoms with E-state index < -0.39 is 5.25 Å². The van der Waals surface area contributed by atoms with Gasteiger partial charge in [0.15, 0.2) is 5.17 Å². The number of nitrogens with one attached hydrogen (secondary N) is 2. The van der Waals surface area contributed by atoms with Gasteiger partial charge in [-0.25, -0.2) is 0 Å². The summed E-state index contributed by atoms with van der Waals surface area (Å²) in [5.74, 6) is 0.0391. The summed E-state index contributed by atoms with van der Waals surface area (Å²) in [6.45, 7) is 3.99. The van der Waals surface area contributed by atoms with Crippen molar-refractivity contribution in [2.75, 3.05) is 5.32 Å². The molecule has 1 aromatic carbocycles. The van der Waals surface area contributed by atoms with Crippen LogP contribution in [-0.2, 0) is 9.59 Å². The van der Waals surface area contributed by atoms with Crippen molar-refractivity contribution in [2.45, 2.75) is 25.5 Å². The Morgan fingerprint density at radius 3 is 2.92 bits per heavy atom. The van der Waals surface area contributed by atoms with E-state index in [1.54, 1.807) is 12.1 Å². The Labute approximate surface area is 155 Å². The third kappa shape index (κ3) is 4.60. The first-order valence-corrected chi connectivity index (χ1v) is 8.88. The number of carbonyl (C=O) groups excluding carboxylic acids is 2. The molecule has 0 bridgehead atoms. The van der Waals surface area contributed by atoms with Crippen molar-refractivity contribution in [3.63, 3.8) is 0 Å². The molecular formula is C18H18N4O3S. The third-order valence-electron chi connectivity index (χ3n) is 3.81. The lowest BCUT2D eigenvalue weighted by Crippen LogP contribution is -2.41. The minimum absolute atomic E-state index is 0.0856. The fraction of sp³-hybridized carbons (Fsp3) is 0.222. The van der Waals surface area contributed by atoms with E-state index in [1.807, 2.05) is 32.0 Å². The highest BCUT2D eigenvalue weighted by molar-refractivity contribution is 8.15. The van der Waals surface area contributed by atoms with E-state index in [0.29, 0.717) is 11.4 Å². The Morgan fingerprint density at radius 1 is 1.35 bits per heavy atom. The number of rotatable bonds is 4. The summed E-state index contributed by atoms with van der Waals surface area (Å²) < 4.78 is 5.11. The van der Waals surface area contributed by atoms with Gasteiger partial charge in [-0.05, 0) is 49.2 Å². The molecule has 7 nitrogen and oxygen atoms in total. The van der Waals surface area contributed by atoms with Crippen LogP contribution in [0.4, 0.5) is 5.69 Å². The van der Waals surface area contributed by atoms with E-state index in [0.717, 1.165) is 11.1 Å². The van der Waals surface area contributed by atoms with Gasteiger partial charge in [-0.15, -0.1) is 5.10 Å². The van der Waals surface area contributed by atoms with Crippen LogP contribution in [0.2, 0.25) is 0 Å². The maximum absolute atomic E-state index is 12.5. The smallest absolute Gasteiger partial charge is 0.238 e. The number of hydrogen-bond donors (Lipinski definition) is 2. The van der Waals surface area contributed by atoms with E-state index in [1.165, 1.54) is 24.2 Å². The third-order valence-corrected chi connectivity index (χ3v) is 4.89. The number of nitrogens with zero attached hydrogens (tertiary/aromatic N) is 2. The fourth-order valence-corrected chi connectivity index (χ4v) is 3.22. The molecule has 0 aliphatic carbocycles. The summed E-state index contributed by atoms with van der Waals surface area (Å²) in [5.41, 5.74) is 2.95. The number of amides is 2. The minimum atomic E-state index is -0.567. The second-order valence-corrected chi connectivity index (χ2v) is 7.00. The Balaban J connectivity index is 1.66. The van der Waals surface area contributed by atoms with Crippen LogP contribution in [0.3, 0.4) is 0 Å². The lowest BCUT2D eigenvalue weighted by Gasteiger charge is -2.21. The summed E-state index contributed by atoms with van der Waals surface area (Å²) in [6, 6.07) is 9.16. The Morgan fingerprint density at radius 2 is 2.19 bits per heavy atom. The SMILES string of the molecule is Cc1ccc(NC(=O)[C@@H]2CC(=O)N/C(=N\N=C/c3ccco3)S2)cc1C. The zero-order chi connectivity index (χ0) is 18.5. The van der Waals surface area contributed by atoms with Crippen molar-refractivity contribution in [2.24, 2.45) is 10.2 Å². The van der Waals surface area contributed by atoms with Gasteiger partial charge in [0.05, 0.1) is 12.5 Å². The second-order valence-electron chi connectivity index (χ2n) is 5.81. The van der Waals surface area contributed by atoms with Crippen LogP contribution < -0.4 is 10.6 Å². The predicted molar refractivity (Wildman–Crippen MR) is 102 cm³/mol. The van der Waals surface area contributed by atoms with Gasteiger partial charge in [-0.3, -0.25) is 9.59 Å². The molecule has 1 atom stereocenters. The van der Waals surface area contributed by atoms with Crippen LogP contribution in [0.15, 0.2) is 51.2 Å². The molecule has 0 radical (unpaired) electrons. The zero-order valence-corrected chi connectivity index (χ0v) is 15.2. The van der Waals surface area contributed by atoms with Crippen LogP contribution in [0.25, 0.3) is 0 Å². The van der Waals surface area contributed by atoms with Gasteiger partial charge in [0.25, 0.3) is 0 Å². The highest BCUT2D eigenvalue weighted by atomic mass is 32.2. The van der Waals surface area contributed by atoms with E-state index >= 15 is 0 Å². The van der Waals surface area contributed by atoms with Crippen molar-refractivity contribution in [1.29, 1.82) is 0 Å². The van der Waals surface area contributed by atoms with Crippen molar-refractivity contribution in [3.8, 4) is 0 Å². The quantitative estimate of drug-likeness (QED) is 0.639. The van der Waals surface area contributed by atoms with E-state index in [9.17, 15) is 9.59 Å². The summed E-state index contributed by atoms with van der Waals surface area (Å²) in [4.78, 5) is 24.4. The van der Waals surface area contributed by atoms with Crippen molar-refractivity contribution < 1.29 is 14.0 Å². The summed E-state index contributed by atoms with van der Waals surface area (Å²) in [6.07, 6.45) is 3.04. The minimum Gasteiger partial charge on any atom is -0.463 e. The van der Waals surface area contributed by atoms with Crippen LogP contribution in [-0.4, -0.2) is 28.4 Å². The van der Waals surface area contributed by atoms with Crippen LogP contribution in [0.1, 0.15) is 23.3 Å². The summed E-state index contributed by atoms with van der Waals surface area (Å²) in [5, 5.41) is 13.0. The molecule has 0 unspecified atom stereocenters. The molecule has 1 fully saturated rings. The van der Waals surface area contributed by atoms with E-state index in [-0.39, 0.29) is 23.4 Å². The van der Waals surface area contributed by atoms with Crippen molar-refractivity contribution in [1.82, 2.24) is 5.32 Å². The van der Waals surface area contributed by atoms with Gasteiger partial charge in [-0.1, -0.05) is 17.8 Å². The molecule has 1 aromatic heterocycles. The lowest BCUT2D eigenvalue weighted by atomic mass is 10.1. The maximum atomic E-state index is 12.5. The fourth-order valence-electron chi connectivity index (χ4n) is 2.28. The molecule has 2 heterocycles. The van der Waals surface area contributed by atoms with Gasteiger partial charge < -0.3 is 15.1 Å². The largest absolute Gasteiger partial charge is 0.463 e. The molecule has 8 heteroatoms. The van der Waals surface area contributed by atoms with Gasteiger partial charge in [-0.2, -0.15) is 5.10 Å². The molecule has 134 valence electrons. The maximum Gasteiger partial charge on any atom is 0.238 e.